The van der Waals surface area contributed by atoms with E-state index >= 15 is 0 Å². The summed E-state index contributed by atoms with van der Waals surface area (Å²) in [6.45, 7) is 3.80. The van der Waals surface area contributed by atoms with Crippen LogP contribution in [0, 0.1) is 6.92 Å². The van der Waals surface area contributed by atoms with E-state index in [1.807, 2.05) is 38.1 Å². The maximum atomic E-state index is 11.9. The Balaban J connectivity index is 1.82. The lowest BCUT2D eigenvalue weighted by atomic mass is 10.1. The highest BCUT2D eigenvalue weighted by Crippen LogP contribution is 2.14. The van der Waals surface area contributed by atoms with E-state index in [1.165, 1.54) is 11.6 Å². The van der Waals surface area contributed by atoms with E-state index in [0.29, 0.717) is 4.67 Å². The van der Waals surface area contributed by atoms with Gasteiger partial charge < -0.3 is 15.1 Å². The molecule has 0 spiro atoms. The van der Waals surface area contributed by atoms with Gasteiger partial charge in [-0.15, -0.1) is 0 Å². The number of rotatable bonds is 5. The Morgan fingerprint density at radius 1 is 1.18 bits per heavy atom. The summed E-state index contributed by atoms with van der Waals surface area (Å²) in [5.41, 5.74) is 2.18. The van der Waals surface area contributed by atoms with E-state index in [1.54, 1.807) is 6.07 Å². The standard InChI is InChI=1S/C16H17BrN2O3/c1-10-3-5-12(6-4-10)11(2)19-15(20)9-18-16(21)13-7-8-14(17)22-13/h3-8,11H,9H2,1-2H3,(H,18,21)(H,19,20). The molecule has 0 radical (unpaired) electrons. The second kappa shape index (κ2) is 7.26. The highest BCUT2D eigenvalue weighted by Gasteiger charge is 2.13. The van der Waals surface area contributed by atoms with Gasteiger partial charge in [0.2, 0.25) is 5.91 Å². The van der Waals surface area contributed by atoms with E-state index in [0.717, 1.165) is 5.56 Å². The molecule has 0 bridgehead atoms. The van der Waals surface area contributed by atoms with Gasteiger partial charge in [0.05, 0.1) is 12.6 Å². The Morgan fingerprint density at radius 3 is 2.45 bits per heavy atom. The van der Waals surface area contributed by atoms with Crippen LogP contribution in [0.25, 0.3) is 0 Å². The third-order valence-corrected chi connectivity index (χ3v) is 3.59. The Bertz CT molecular complexity index is 664. The molecule has 22 heavy (non-hydrogen) atoms. The minimum Gasteiger partial charge on any atom is -0.444 e. The number of hydrogen-bond donors (Lipinski definition) is 2. The molecule has 6 heteroatoms. The van der Waals surface area contributed by atoms with Gasteiger partial charge in [0, 0.05) is 0 Å². The Kier molecular flexibility index (Phi) is 5.38. The van der Waals surface area contributed by atoms with Gasteiger partial charge in [-0.2, -0.15) is 0 Å². The predicted octanol–water partition coefficient (Wildman–Crippen LogP) is 2.96. The molecule has 2 amide bonds. The number of aryl methyl sites for hydroxylation is 1. The maximum Gasteiger partial charge on any atom is 0.287 e. The van der Waals surface area contributed by atoms with Crippen LogP contribution in [-0.2, 0) is 4.79 Å². The van der Waals surface area contributed by atoms with Crippen LogP contribution in [-0.4, -0.2) is 18.4 Å². The van der Waals surface area contributed by atoms with Crippen LogP contribution in [0.15, 0.2) is 45.5 Å². The summed E-state index contributed by atoms with van der Waals surface area (Å²) in [6.07, 6.45) is 0. The summed E-state index contributed by atoms with van der Waals surface area (Å²) in [4.78, 5) is 23.6. The molecule has 1 heterocycles. The van der Waals surface area contributed by atoms with Gasteiger partial charge in [0.1, 0.15) is 0 Å². The van der Waals surface area contributed by atoms with E-state index in [9.17, 15) is 9.59 Å². The lowest BCUT2D eigenvalue weighted by molar-refractivity contribution is -0.120. The minimum atomic E-state index is -0.427. The van der Waals surface area contributed by atoms with Crippen molar-refractivity contribution in [1.29, 1.82) is 0 Å². The lowest BCUT2D eigenvalue weighted by Gasteiger charge is -2.14. The predicted molar refractivity (Wildman–Crippen MR) is 86.5 cm³/mol. The highest BCUT2D eigenvalue weighted by molar-refractivity contribution is 9.10. The topological polar surface area (TPSA) is 71.3 Å². The van der Waals surface area contributed by atoms with Crippen molar-refractivity contribution in [3.8, 4) is 0 Å². The average molecular weight is 365 g/mol. The number of carbonyl (C=O) groups excluding carboxylic acids is 2. The number of halogens is 1. The van der Waals surface area contributed by atoms with Crippen molar-refractivity contribution in [1.82, 2.24) is 10.6 Å². The molecule has 1 atom stereocenters. The third-order valence-electron chi connectivity index (χ3n) is 3.16. The molecule has 1 unspecified atom stereocenters. The van der Waals surface area contributed by atoms with E-state index in [-0.39, 0.29) is 24.3 Å². The Hall–Kier alpha value is -2.08. The van der Waals surface area contributed by atoms with Gasteiger partial charge in [0.15, 0.2) is 10.4 Å². The molecule has 0 saturated heterocycles. The molecule has 0 saturated carbocycles. The van der Waals surface area contributed by atoms with Crippen LogP contribution in [0.5, 0.6) is 0 Å². The highest BCUT2D eigenvalue weighted by atomic mass is 79.9. The van der Waals surface area contributed by atoms with Crippen molar-refractivity contribution in [2.24, 2.45) is 0 Å². The van der Waals surface area contributed by atoms with Crippen molar-refractivity contribution in [3.05, 3.63) is 58.0 Å². The molecule has 0 aliphatic rings. The van der Waals surface area contributed by atoms with Gasteiger partial charge in [-0.05, 0) is 47.5 Å². The van der Waals surface area contributed by atoms with Crippen LogP contribution in [0.3, 0.4) is 0 Å². The smallest absolute Gasteiger partial charge is 0.287 e. The fourth-order valence-electron chi connectivity index (χ4n) is 1.91. The second-order valence-electron chi connectivity index (χ2n) is 4.99. The zero-order chi connectivity index (χ0) is 16.1. The summed E-state index contributed by atoms with van der Waals surface area (Å²) >= 11 is 3.12. The summed E-state index contributed by atoms with van der Waals surface area (Å²) in [5, 5.41) is 5.35. The van der Waals surface area contributed by atoms with Gasteiger partial charge in [-0.1, -0.05) is 29.8 Å². The SMILES string of the molecule is Cc1ccc(C(C)NC(=O)CNC(=O)c2ccc(Br)o2)cc1. The van der Waals surface area contributed by atoms with Gasteiger partial charge in [0.25, 0.3) is 5.91 Å². The molecule has 0 fully saturated rings. The summed E-state index contributed by atoms with van der Waals surface area (Å²) < 4.78 is 5.58. The first-order valence-electron chi connectivity index (χ1n) is 6.85. The molecule has 5 nitrogen and oxygen atoms in total. The number of amides is 2. The second-order valence-corrected chi connectivity index (χ2v) is 5.77. The summed E-state index contributed by atoms with van der Waals surface area (Å²) in [5.74, 6) is -0.526. The fraction of sp³-hybridized carbons (Fsp3) is 0.250. The Labute approximate surface area is 137 Å². The van der Waals surface area contributed by atoms with Crippen molar-refractivity contribution >= 4 is 27.7 Å². The first-order chi connectivity index (χ1) is 10.5. The molecule has 2 rings (SSSR count). The van der Waals surface area contributed by atoms with Crippen LogP contribution >= 0.6 is 15.9 Å². The number of hydrogen-bond acceptors (Lipinski definition) is 3. The summed E-state index contributed by atoms with van der Waals surface area (Å²) in [7, 11) is 0. The fourth-order valence-corrected chi connectivity index (χ4v) is 2.22. The quantitative estimate of drug-likeness (QED) is 0.856. The van der Waals surface area contributed by atoms with Gasteiger partial charge >= 0.3 is 0 Å². The molecule has 1 aromatic carbocycles. The molecule has 2 N–H and O–H groups in total. The molecule has 0 aliphatic carbocycles. The first kappa shape index (κ1) is 16.3. The molecule has 116 valence electrons. The maximum absolute atomic E-state index is 11.9. The Morgan fingerprint density at radius 2 is 1.86 bits per heavy atom. The average Bonchev–Trinajstić information content (AvgIpc) is 2.92. The van der Waals surface area contributed by atoms with Gasteiger partial charge in [-0.25, -0.2) is 0 Å². The van der Waals surface area contributed by atoms with Crippen molar-refractivity contribution in [3.63, 3.8) is 0 Å². The molecular weight excluding hydrogens is 348 g/mol. The number of benzene rings is 1. The molecule has 2 aromatic rings. The zero-order valence-corrected chi connectivity index (χ0v) is 13.9. The molecular formula is C16H17BrN2O3. The molecule has 1 aromatic heterocycles. The normalized spacial score (nSPS) is 11.8. The number of nitrogens with one attached hydrogen (secondary N) is 2. The van der Waals surface area contributed by atoms with Crippen LogP contribution in [0.1, 0.15) is 34.6 Å². The zero-order valence-electron chi connectivity index (χ0n) is 12.4. The van der Waals surface area contributed by atoms with Crippen molar-refractivity contribution < 1.29 is 14.0 Å². The van der Waals surface area contributed by atoms with E-state index < -0.39 is 5.91 Å². The minimum absolute atomic E-state index is 0.104. The monoisotopic (exact) mass is 364 g/mol. The number of furan rings is 1. The summed E-state index contributed by atoms with van der Waals surface area (Å²) in [6, 6.07) is 11.0. The van der Waals surface area contributed by atoms with Crippen molar-refractivity contribution in [2.75, 3.05) is 6.54 Å². The molecule has 0 aliphatic heterocycles. The first-order valence-corrected chi connectivity index (χ1v) is 7.64. The van der Waals surface area contributed by atoms with Gasteiger partial charge in [-0.3, -0.25) is 9.59 Å². The van der Waals surface area contributed by atoms with Crippen molar-refractivity contribution in [2.45, 2.75) is 19.9 Å². The van der Waals surface area contributed by atoms with Crippen LogP contribution in [0.4, 0.5) is 0 Å². The largest absolute Gasteiger partial charge is 0.444 e. The third kappa shape index (κ3) is 4.46. The van der Waals surface area contributed by atoms with Crippen LogP contribution < -0.4 is 10.6 Å². The van der Waals surface area contributed by atoms with Crippen LogP contribution in [0.2, 0.25) is 0 Å². The van der Waals surface area contributed by atoms with E-state index in [4.69, 9.17) is 4.42 Å². The number of carbonyl (C=O) groups is 2. The lowest BCUT2D eigenvalue weighted by Crippen LogP contribution is -2.37. The van der Waals surface area contributed by atoms with E-state index in [2.05, 4.69) is 26.6 Å².